The third-order valence-corrected chi connectivity index (χ3v) is 2.33. The highest BCUT2D eigenvalue weighted by Gasteiger charge is 2.09. The van der Waals surface area contributed by atoms with Crippen molar-refractivity contribution in [1.29, 1.82) is 0 Å². The SMILES string of the molecule is Nc1ccc(-c2ccc(B(O)O)cc2)cn1. The van der Waals surface area contributed by atoms with Gasteiger partial charge in [0.05, 0.1) is 0 Å². The molecule has 0 unspecified atom stereocenters. The predicted octanol–water partition coefficient (Wildman–Crippen LogP) is 0.0106. The van der Waals surface area contributed by atoms with E-state index in [1.165, 1.54) is 0 Å². The van der Waals surface area contributed by atoms with E-state index in [0.29, 0.717) is 11.3 Å². The summed E-state index contributed by atoms with van der Waals surface area (Å²) < 4.78 is 0. The first-order chi connectivity index (χ1) is 7.66. The topological polar surface area (TPSA) is 79.4 Å². The van der Waals surface area contributed by atoms with E-state index in [4.69, 9.17) is 15.8 Å². The van der Waals surface area contributed by atoms with Gasteiger partial charge in [-0.3, -0.25) is 0 Å². The second kappa shape index (κ2) is 4.34. The Labute approximate surface area is 93.5 Å². The van der Waals surface area contributed by atoms with Crippen molar-refractivity contribution in [3.63, 3.8) is 0 Å². The van der Waals surface area contributed by atoms with E-state index >= 15 is 0 Å². The van der Waals surface area contributed by atoms with Crippen LogP contribution in [0.3, 0.4) is 0 Å². The van der Waals surface area contributed by atoms with Gasteiger partial charge in [-0.1, -0.05) is 24.3 Å². The van der Waals surface area contributed by atoms with Crippen molar-refractivity contribution in [3.8, 4) is 11.1 Å². The Hall–Kier alpha value is -1.85. The summed E-state index contributed by atoms with van der Waals surface area (Å²) in [6, 6.07) is 10.5. The first-order valence-corrected chi connectivity index (χ1v) is 4.85. The monoisotopic (exact) mass is 214 g/mol. The third-order valence-electron chi connectivity index (χ3n) is 2.33. The Morgan fingerprint density at radius 2 is 1.56 bits per heavy atom. The molecule has 0 atom stereocenters. The van der Waals surface area contributed by atoms with Crippen LogP contribution in [0.15, 0.2) is 42.6 Å². The Morgan fingerprint density at radius 1 is 0.938 bits per heavy atom. The number of aromatic nitrogens is 1. The number of nitrogens with two attached hydrogens (primary N) is 1. The van der Waals surface area contributed by atoms with Crippen LogP contribution in [-0.4, -0.2) is 22.2 Å². The van der Waals surface area contributed by atoms with Gasteiger partial charge in [0.25, 0.3) is 0 Å². The highest BCUT2D eigenvalue weighted by Crippen LogP contribution is 2.17. The van der Waals surface area contributed by atoms with E-state index < -0.39 is 7.12 Å². The van der Waals surface area contributed by atoms with E-state index in [-0.39, 0.29) is 0 Å². The maximum absolute atomic E-state index is 8.95. The largest absolute Gasteiger partial charge is 0.488 e. The maximum atomic E-state index is 8.95. The van der Waals surface area contributed by atoms with Gasteiger partial charge in [0.15, 0.2) is 0 Å². The molecule has 0 bridgehead atoms. The molecular weight excluding hydrogens is 203 g/mol. The lowest BCUT2D eigenvalue weighted by atomic mass is 9.80. The van der Waals surface area contributed by atoms with Crippen LogP contribution in [0.5, 0.6) is 0 Å². The van der Waals surface area contributed by atoms with Crippen LogP contribution in [0.1, 0.15) is 0 Å². The third kappa shape index (κ3) is 2.21. The fourth-order valence-corrected chi connectivity index (χ4v) is 1.42. The van der Waals surface area contributed by atoms with E-state index in [1.54, 1.807) is 24.4 Å². The molecule has 0 fully saturated rings. The van der Waals surface area contributed by atoms with Crippen molar-refractivity contribution >= 4 is 18.4 Å². The molecule has 2 rings (SSSR count). The molecule has 0 saturated heterocycles. The average molecular weight is 214 g/mol. The Balaban J connectivity index is 2.31. The summed E-state index contributed by atoms with van der Waals surface area (Å²) in [6.07, 6.45) is 1.68. The van der Waals surface area contributed by atoms with Crippen molar-refractivity contribution in [3.05, 3.63) is 42.6 Å². The first-order valence-electron chi connectivity index (χ1n) is 4.85. The zero-order valence-corrected chi connectivity index (χ0v) is 8.54. The van der Waals surface area contributed by atoms with Crippen molar-refractivity contribution < 1.29 is 10.0 Å². The number of hydrogen-bond donors (Lipinski definition) is 3. The molecular formula is C11H11BN2O2. The quantitative estimate of drug-likeness (QED) is 0.615. The summed E-state index contributed by atoms with van der Waals surface area (Å²) in [7, 11) is -1.43. The van der Waals surface area contributed by atoms with Crippen molar-refractivity contribution in [2.45, 2.75) is 0 Å². The zero-order valence-electron chi connectivity index (χ0n) is 8.54. The molecule has 4 N–H and O–H groups in total. The molecule has 0 spiro atoms. The van der Waals surface area contributed by atoms with Gasteiger partial charge in [-0.05, 0) is 23.2 Å². The summed E-state index contributed by atoms with van der Waals surface area (Å²) in [5, 5.41) is 17.9. The van der Waals surface area contributed by atoms with Crippen molar-refractivity contribution in [1.82, 2.24) is 4.98 Å². The molecule has 1 aromatic heterocycles. The summed E-state index contributed by atoms with van der Waals surface area (Å²) >= 11 is 0. The summed E-state index contributed by atoms with van der Waals surface area (Å²) in [4.78, 5) is 3.99. The molecule has 0 aliphatic rings. The van der Waals surface area contributed by atoms with Crippen LogP contribution < -0.4 is 11.2 Å². The molecule has 0 aliphatic heterocycles. The molecule has 0 radical (unpaired) electrons. The number of pyridine rings is 1. The fourth-order valence-electron chi connectivity index (χ4n) is 1.42. The standard InChI is InChI=1S/C11H11BN2O2/c13-11-6-3-9(7-14-11)8-1-4-10(5-2-8)12(15)16/h1-7,15-16H,(H2,13,14). The lowest BCUT2D eigenvalue weighted by molar-refractivity contribution is 0.426. The van der Waals surface area contributed by atoms with Gasteiger partial charge < -0.3 is 15.8 Å². The van der Waals surface area contributed by atoms with Crippen molar-refractivity contribution in [2.75, 3.05) is 5.73 Å². The second-order valence-corrected chi connectivity index (χ2v) is 3.47. The van der Waals surface area contributed by atoms with Gasteiger partial charge >= 0.3 is 7.12 Å². The average Bonchev–Trinajstić information content (AvgIpc) is 2.30. The van der Waals surface area contributed by atoms with Gasteiger partial charge in [-0.25, -0.2) is 4.98 Å². The molecule has 1 aromatic carbocycles. The van der Waals surface area contributed by atoms with E-state index in [9.17, 15) is 0 Å². The molecule has 0 amide bonds. The minimum absolute atomic E-state index is 0.465. The Bertz CT molecular complexity index is 468. The van der Waals surface area contributed by atoms with Crippen LogP contribution >= 0.6 is 0 Å². The minimum Gasteiger partial charge on any atom is -0.423 e. The molecule has 16 heavy (non-hydrogen) atoms. The van der Waals surface area contributed by atoms with Crippen LogP contribution in [0.4, 0.5) is 5.82 Å². The number of benzene rings is 1. The number of rotatable bonds is 2. The van der Waals surface area contributed by atoms with Crippen LogP contribution in [-0.2, 0) is 0 Å². The summed E-state index contributed by atoms with van der Waals surface area (Å²) in [5.41, 5.74) is 7.85. The van der Waals surface area contributed by atoms with Crippen molar-refractivity contribution in [2.24, 2.45) is 0 Å². The van der Waals surface area contributed by atoms with E-state index in [2.05, 4.69) is 4.98 Å². The van der Waals surface area contributed by atoms with Gasteiger partial charge in [0.2, 0.25) is 0 Å². The number of nitrogen functional groups attached to an aromatic ring is 1. The maximum Gasteiger partial charge on any atom is 0.488 e. The summed E-state index contributed by atoms with van der Waals surface area (Å²) in [6.45, 7) is 0. The molecule has 80 valence electrons. The van der Waals surface area contributed by atoms with E-state index in [0.717, 1.165) is 11.1 Å². The number of anilines is 1. The summed E-state index contributed by atoms with van der Waals surface area (Å²) in [5.74, 6) is 0.478. The number of nitrogens with zero attached hydrogens (tertiary/aromatic N) is 1. The molecule has 2 aromatic rings. The molecule has 5 heteroatoms. The molecule has 4 nitrogen and oxygen atoms in total. The normalized spacial score (nSPS) is 10.1. The van der Waals surface area contributed by atoms with Crippen LogP contribution in [0.2, 0.25) is 0 Å². The lowest BCUT2D eigenvalue weighted by Gasteiger charge is -2.03. The van der Waals surface area contributed by atoms with Gasteiger partial charge in [0, 0.05) is 11.8 Å². The number of hydrogen-bond acceptors (Lipinski definition) is 4. The first kappa shape index (κ1) is 10.7. The highest BCUT2D eigenvalue weighted by molar-refractivity contribution is 6.58. The Morgan fingerprint density at radius 3 is 2.06 bits per heavy atom. The zero-order chi connectivity index (χ0) is 11.5. The lowest BCUT2D eigenvalue weighted by Crippen LogP contribution is -2.29. The highest BCUT2D eigenvalue weighted by atomic mass is 16.4. The minimum atomic E-state index is -1.43. The predicted molar refractivity (Wildman–Crippen MR) is 63.9 cm³/mol. The molecule has 1 heterocycles. The van der Waals surface area contributed by atoms with Gasteiger partial charge in [-0.15, -0.1) is 0 Å². The smallest absolute Gasteiger partial charge is 0.423 e. The van der Waals surface area contributed by atoms with Gasteiger partial charge in [0.1, 0.15) is 5.82 Å². The fraction of sp³-hybridized carbons (Fsp3) is 0. The van der Waals surface area contributed by atoms with Crippen LogP contribution in [0, 0.1) is 0 Å². The Kier molecular flexibility index (Phi) is 2.89. The van der Waals surface area contributed by atoms with E-state index in [1.807, 2.05) is 18.2 Å². The molecule has 0 aliphatic carbocycles. The van der Waals surface area contributed by atoms with Crippen LogP contribution in [0.25, 0.3) is 11.1 Å². The van der Waals surface area contributed by atoms with Gasteiger partial charge in [-0.2, -0.15) is 0 Å². The molecule has 0 saturated carbocycles. The second-order valence-electron chi connectivity index (χ2n) is 3.47.